The van der Waals surface area contributed by atoms with Gasteiger partial charge in [-0.25, -0.2) is 4.79 Å². The molecule has 0 radical (unpaired) electrons. The lowest BCUT2D eigenvalue weighted by atomic mass is 10.1. The minimum absolute atomic E-state index is 0.168. The van der Waals surface area contributed by atoms with Crippen LogP contribution in [0.4, 0.5) is 5.69 Å². The Morgan fingerprint density at radius 1 is 1.12 bits per heavy atom. The first-order valence-corrected chi connectivity index (χ1v) is 7.81. The summed E-state index contributed by atoms with van der Waals surface area (Å²) in [6, 6.07) is 11.9. The van der Waals surface area contributed by atoms with Crippen molar-refractivity contribution in [2.45, 2.75) is 6.92 Å². The van der Waals surface area contributed by atoms with Crippen LogP contribution in [-0.4, -0.2) is 25.2 Å². The molecular formula is C19H17NO5. The lowest BCUT2D eigenvalue weighted by molar-refractivity contribution is 0.0526. The summed E-state index contributed by atoms with van der Waals surface area (Å²) in [5.74, 6) is 0.641. The van der Waals surface area contributed by atoms with Gasteiger partial charge in [-0.1, -0.05) is 6.07 Å². The first-order valence-electron chi connectivity index (χ1n) is 7.81. The molecule has 0 amide bonds. The Morgan fingerprint density at radius 3 is 2.80 bits per heavy atom. The minimum atomic E-state index is -0.383. The molecule has 1 heterocycles. The highest BCUT2D eigenvalue weighted by molar-refractivity contribution is 6.05. The third kappa shape index (κ3) is 3.98. The molecule has 0 saturated heterocycles. The molecule has 6 heteroatoms. The topological polar surface area (TPSA) is 73.9 Å². The number of anilines is 1. The second-order valence-corrected chi connectivity index (χ2v) is 5.21. The molecule has 0 aliphatic carbocycles. The van der Waals surface area contributed by atoms with E-state index in [1.165, 1.54) is 12.3 Å². The van der Waals surface area contributed by atoms with Gasteiger partial charge < -0.3 is 19.5 Å². The molecule has 2 aromatic carbocycles. The lowest BCUT2D eigenvalue weighted by Gasteiger charge is -2.05. The summed E-state index contributed by atoms with van der Waals surface area (Å²) in [5.41, 5.74) is 1.63. The number of hydrogen-bond acceptors (Lipinski definition) is 6. The molecule has 0 fully saturated rings. The summed E-state index contributed by atoms with van der Waals surface area (Å²) in [4.78, 5) is 23.9. The molecule has 0 unspecified atom stereocenters. The number of fused-ring (bicyclic) bond motifs is 1. The lowest BCUT2D eigenvalue weighted by Crippen LogP contribution is -2.04. The molecule has 0 saturated carbocycles. The van der Waals surface area contributed by atoms with E-state index in [4.69, 9.17) is 14.2 Å². The number of rotatable bonds is 6. The Balaban J connectivity index is 1.64. The van der Waals surface area contributed by atoms with Crippen LogP contribution in [0.15, 0.2) is 54.7 Å². The molecule has 0 atom stereocenters. The van der Waals surface area contributed by atoms with E-state index in [0.717, 1.165) is 0 Å². The average Bonchev–Trinajstić information content (AvgIpc) is 3.10. The minimum Gasteiger partial charge on any atom is -0.462 e. The van der Waals surface area contributed by atoms with Crippen LogP contribution in [0.2, 0.25) is 0 Å². The fourth-order valence-electron chi connectivity index (χ4n) is 2.31. The Bertz CT molecular complexity index is 828. The summed E-state index contributed by atoms with van der Waals surface area (Å²) < 4.78 is 15.4. The number of nitrogens with one attached hydrogen (secondary N) is 1. The van der Waals surface area contributed by atoms with Gasteiger partial charge in [-0.3, -0.25) is 4.79 Å². The van der Waals surface area contributed by atoms with Crippen LogP contribution < -0.4 is 14.8 Å². The van der Waals surface area contributed by atoms with Crippen LogP contribution in [0.25, 0.3) is 0 Å². The number of carbonyl (C=O) groups excluding carboxylic acids is 2. The summed E-state index contributed by atoms with van der Waals surface area (Å²) >= 11 is 0. The largest absolute Gasteiger partial charge is 0.462 e. The van der Waals surface area contributed by atoms with Crippen molar-refractivity contribution in [3.63, 3.8) is 0 Å². The highest BCUT2D eigenvalue weighted by atomic mass is 16.7. The summed E-state index contributed by atoms with van der Waals surface area (Å²) in [6.45, 7) is 2.24. The van der Waals surface area contributed by atoms with Gasteiger partial charge in [0.1, 0.15) is 0 Å². The Hall–Kier alpha value is -3.28. The first-order chi connectivity index (χ1) is 12.2. The van der Waals surface area contributed by atoms with Gasteiger partial charge in [0, 0.05) is 23.5 Å². The van der Waals surface area contributed by atoms with E-state index >= 15 is 0 Å². The fourth-order valence-corrected chi connectivity index (χ4v) is 2.31. The number of hydrogen-bond donors (Lipinski definition) is 1. The molecule has 3 rings (SSSR count). The van der Waals surface area contributed by atoms with Crippen LogP contribution >= 0.6 is 0 Å². The smallest absolute Gasteiger partial charge is 0.338 e. The molecule has 1 aliphatic heterocycles. The van der Waals surface area contributed by atoms with Gasteiger partial charge in [0.2, 0.25) is 6.79 Å². The Kier molecular flexibility index (Phi) is 4.99. The predicted octanol–water partition coefficient (Wildman–Crippen LogP) is 3.40. The standard InChI is InChI=1S/C19H17NO5/c1-2-23-19(22)14-4-3-5-15(10-14)20-9-8-16(21)13-6-7-17-18(11-13)25-12-24-17/h3-11,20H,2,12H2,1H3/b9-8+. The molecular weight excluding hydrogens is 322 g/mol. The van der Waals surface area contributed by atoms with Crippen LogP contribution in [0.1, 0.15) is 27.6 Å². The van der Waals surface area contributed by atoms with E-state index in [0.29, 0.717) is 34.9 Å². The van der Waals surface area contributed by atoms with Crippen molar-refractivity contribution in [1.82, 2.24) is 0 Å². The second-order valence-electron chi connectivity index (χ2n) is 5.21. The predicted molar refractivity (Wildman–Crippen MR) is 92.1 cm³/mol. The maximum absolute atomic E-state index is 12.2. The molecule has 25 heavy (non-hydrogen) atoms. The first kappa shape index (κ1) is 16.6. The summed E-state index contributed by atoms with van der Waals surface area (Å²) in [6.07, 6.45) is 2.94. The van der Waals surface area contributed by atoms with Crippen LogP contribution in [-0.2, 0) is 4.74 Å². The molecule has 128 valence electrons. The molecule has 0 bridgehead atoms. The van der Waals surface area contributed by atoms with E-state index in [9.17, 15) is 9.59 Å². The van der Waals surface area contributed by atoms with Gasteiger partial charge in [-0.2, -0.15) is 0 Å². The van der Waals surface area contributed by atoms with Gasteiger partial charge in [0.15, 0.2) is 17.3 Å². The van der Waals surface area contributed by atoms with E-state index in [2.05, 4.69) is 5.32 Å². The third-order valence-corrected chi connectivity index (χ3v) is 3.52. The van der Waals surface area contributed by atoms with E-state index in [1.54, 1.807) is 49.4 Å². The zero-order chi connectivity index (χ0) is 17.6. The van der Waals surface area contributed by atoms with Crippen molar-refractivity contribution in [2.75, 3.05) is 18.7 Å². The van der Waals surface area contributed by atoms with Crippen molar-refractivity contribution >= 4 is 17.4 Å². The van der Waals surface area contributed by atoms with Crippen LogP contribution in [0.3, 0.4) is 0 Å². The van der Waals surface area contributed by atoms with Gasteiger partial charge in [0.05, 0.1) is 12.2 Å². The monoisotopic (exact) mass is 339 g/mol. The maximum Gasteiger partial charge on any atom is 0.338 e. The van der Waals surface area contributed by atoms with Gasteiger partial charge in [-0.05, 0) is 43.3 Å². The van der Waals surface area contributed by atoms with Crippen molar-refractivity contribution in [1.29, 1.82) is 0 Å². The normalized spacial score (nSPS) is 12.2. The van der Waals surface area contributed by atoms with Crippen molar-refractivity contribution in [2.24, 2.45) is 0 Å². The third-order valence-electron chi connectivity index (χ3n) is 3.52. The molecule has 1 aliphatic rings. The van der Waals surface area contributed by atoms with Crippen LogP contribution in [0.5, 0.6) is 11.5 Å². The highest BCUT2D eigenvalue weighted by Gasteiger charge is 2.15. The quantitative estimate of drug-likeness (QED) is 0.494. The summed E-state index contributed by atoms with van der Waals surface area (Å²) in [7, 11) is 0. The maximum atomic E-state index is 12.2. The average molecular weight is 339 g/mol. The number of benzene rings is 2. The molecule has 6 nitrogen and oxygen atoms in total. The number of carbonyl (C=O) groups is 2. The number of ether oxygens (including phenoxy) is 3. The number of ketones is 1. The number of esters is 1. The Morgan fingerprint density at radius 2 is 1.96 bits per heavy atom. The van der Waals surface area contributed by atoms with Gasteiger partial charge in [0.25, 0.3) is 0 Å². The molecule has 0 aromatic heterocycles. The molecule has 2 aromatic rings. The Labute approximate surface area is 145 Å². The zero-order valence-electron chi connectivity index (χ0n) is 13.7. The van der Waals surface area contributed by atoms with Crippen LogP contribution in [0, 0.1) is 0 Å². The van der Waals surface area contributed by atoms with Crippen molar-refractivity contribution in [3.05, 3.63) is 65.9 Å². The SMILES string of the molecule is CCOC(=O)c1cccc(N/C=C/C(=O)c2ccc3c(c2)OCO3)c1. The van der Waals surface area contributed by atoms with Crippen molar-refractivity contribution in [3.8, 4) is 11.5 Å². The number of allylic oxidation sites excluding steroid dienone is 1. The highest BCUT2D eigenvalue weighted by Crippen LogP contribution is 2.32. The fraction of sp³-hybridized carbons (Fsp3) is 0.158. The zero-order valence-corrected chi connectivity index (χ0v) is 13.7. The second kappa shape index (κ2) is 7.53. The summed E-state index contributed by atoms with van der Waals surface area (Å²) in [5, 5.41) is 2.97. The van der Waals surface area contributed by atoms with E-state index in [1.807, 2.05) is 0 Å². The van der Waals surface area contributed by atoms with E-state index in [-0.39, 0.29) is 18.5 Å². The van der Waals surface area contributed by atoms with E-state index < -0.39 is 0 Å². The molecule has 0 spiro atoms. The van der Waals surface area contributed by atoms with Gasteiger partial charge >= 0.3 is 5.97 Å². The van der Waals surface area contributed by atoms with Gasteiger partial charge in [-0.15, -0.1) is 0 Å². The molecule has 1 N–H and O–H groups in total. The van der Waals surface area contributed by atoms with Crippen molar-refractivity contribution < 1.29 is 23.8 Å².